The number of hydrogen-bond acceptors (Lipinski definition) is 11. The molecule has 2 fully saturated rings. The molecule has 2 aromatic heterocycles. The predicted octanol–water partition coefficient (Wildman–Crippen LogP) is 1.28. The van der Waals surface area contributed by atoms with Gasteiger partial charge in [-0.15, -0.1) is 0 Å². The second kappa shape index (κ2) is 12.1. The minimum absolute atomic E-state index is 0.0351. The van der Waals surface area contributed by atoms with Crippen molar-refractivity contribution in [2.75, 3.05) is 18.5 Å². The Labute approximate surface area is 244 Å². The van der Waals surface area contributed by atoms with E-state index >= 15 is 0 Å². The Bertz CT molecular complexity index is 1480. The first-order chi connectivity index (χ1) is 19.9. The molecule has 3 heterocycles. The standard InChI is InChI=1S/C25H31ClN5O10P/c26-24-29-20(28-15-3-1-2-4-15)16-10-27-31(21(16)30-24)22-19(34)18(33)17(41-22)11-40-25(12-32,42(37,38)39)9-13-5-7-14(8-6-13)23(35)36/h5-8,10,15,17-19,22,32-34H,1-4,9,11-12H2,(H,35,36)(H,28,29,30)(H2,37,38,39)/t17-,18-,19-,22-,25+/m0/s1. The number of anilines is 1. The summed E-state index contributed by atoms with van der Waals surface area (Å²) in [5.41, 5.74) is 0.481. The van der Waals surface area contributed by atoms with Crippen molar-refractivity contribution in [3.63, 3.8) is 0 Å². The Balaban J connectivity index is 1.35. The lowest BCUT2D eigenvalue weighted by Crippen LogP contribution is -2.43. The van der Waals surface area contributed by atoms with Gasteiger partial charge in [0.1, 0.15) is 24.1 Å². The number of nitrogens with one attached hydrogen (secondary N) is 1. The van der Waals surface area contributed by atoms with E-state index in [1.165, 1.54) is 35.1 Å². The van der Waals surface area contributed by atoms with Crippen LogP contribution in [0.5, 0.6) is 0 Å². The van der Waals surface area contributed by atoms with Gasteiger partial charge >= 0.3 is 13.6 Å². The number of carbonyl (C=O) groups is 1. The average molecular weight is 628 g/mol. The number of ether oxygens (including phenoxy) is 2. The molecule has 2 aliphatic rings. The number of rotatable bonds is 11. The fraction of sp³-hybridized carbons (Fsp3) is 0.520. The number of benzene rings is 1. The molecule has 5 rings (SSSR count). The smallest absolute Gasteiger partial charge is 0.359 e. The second-order valence-corrected chi connectivity index (χ2v) is 12.7. The lowest BCUT2D eigenvalue weighted by atomic mass is 10.1. The van der Waals surface area contributed by atoms with Crippen LogP contribution in [-0.2, 0) is 20.5 Å². The van der Waals surface area contributed by atoms with Crippen LogP contribution in [0.1, 0.15) is 47.8 Å². The number of aliphatic hydroxyl groups is 3. The van der Waals surface area contributed by atoms with E-state index in [9.17, 15) is 34.5 Å². The zero-order valence-electron chi connectivity index (χ0n) is 22.2. The molecule has 1 saturated carbocycles. The van der Waals surface area contributed by atoms with Crippen molar-refractivity contribution >= 4 is 42.0 Å². The van der Waals surface area contributed by atoms with Crippen molar-refractivity contribution in [1.82, 2.24) is 19.7 Å². The highest BCUT2D eigenvalue weighted by atomic mass is 35.5. The highest BCUT2D eigenvalue weighted by molar-refractivity contribution is 7.53. The molecule has 7 N–H and O–H groups in total. The topological polar surface area (TPSA) is 230 Å². The molecule has 0 unspecified atom stereocenters. The molecule has 228 valence electrons. The fourth-order valence-electron chi connectivity index (χ4n) is 5.28. The molecule has 0 amide bonds. The maximum Gasteiger partial charge on any atom is 0.359 e. The average Bonchev–Trinajstić information content (AvgIpc) is 3.67. The number of halogens is 1. The zero-order valence-corrected chi connectivity index (χ0v) is 23.8. The molecule has 0 bridgehead atoms. The van der Waals surface area contributed by atoms with Gasteiger partial charge in [0.05, 0.1) is 30.4 Å². The molecule has 42 heavy (non-hydrogen) atoms. The van der Waals surface area contributed by atoms with Crippen molar-refractivity contribution in [3.8, 4) is 0 Å². The van der Waals surface area contributed by atoms with E-state index in [1.54, 1.807) is 0 Å². The van der Waals surface area contributed by atoms with Crippen molar-refractivity contribution in [1.29, 1.82) is 0 Å². The van der Waals surface area contributed by atoms with Crippen LogP contribution in [0.2, 0.25) is 5.28 Å². The highest BCUT2D eigenvalue weighted by Gasteiger charge is 2.51. The minimum atomic E-state index is -5.16. The predicted molar refractivity (Wildman–Crippen MR) is 147 cm³/mol. The van der Waals surface area contributed by atoms with E-state index in [-0.39, 0.29) is 28.1 Å². The van der Waals surface area contributed by atoms with Gasteiger partial charge in [-0.3, -0.25) is 4.57 Å². The van der Waals surface area contributed by atoms with E-state index in [0.29, 0.717) is 11.2 Å². The van der Waals surface area contributed by atoms with Gasteiger partial charge in [0.15, 0.2) is 17.2 Å². The summed E-state index contributed by atoms with van der Waals surface area (Å²) < 4.78 is 25.2. The van der Waals surface area contributed by atoms with Gasteiger partial charge in [0.2, 0.25) is 5.28 Å². The van der Waals surface area contributed by atoms with Crippen molar-refractivity contribution in [2.24, 2.45) is 0 Å². The summed E-state index contributed by atoms with van der Waals surface area (Å²) >= 11 is 6.19. The Morgan fingerprint density at radius 3 is 2.48 bits per heavy atom. The maximum atomic E-state index is 12.5. The minimum Gasteiger partial charge on any atom is -0.478 e. The molecule has 1 saturated heterocycles. The molecule has 0 radical (unpaired) electrons. The van der Waals surface area contributed by atoms with Gasteiger partial charge in [0, 0.05) is 12.5 Å². The first-order valence-electron chi connectivity index (χ1n) is 13.2. The van der Waals surface area contributed by atoms with Gasteiger partial charge in [-0.1, -0.05) is 25.0 Å². The normalized spacial score (nSPS) is 24.7. The first-order valence-corrected chi connectivity index (χ1v) is 15.2. The summed E-state index contributed by atoms with van der Waals surface area (Å²) in [6, 6.07) is 5.42. The van der Waals surface area contributed by atoms with E-state index in [2.05, 4.69) is 20.4 Å². The molecule has 1 aliphatic heterocycles. The van der Waals surface area contributed by atoms with Gasteiger partial charge in [-0.25, -0.2) is 9.48 Å². The van der Waals surface area contributed by atoms with Crippen LogP contribution in [0, 0.1) is 0 Å². The van der Waals surface area contributed by atoms with Crippen LogP contribution in [0.4, 0.5) is 5.82 Å². The van der Waals surface area contributed by atoms with E-state index in [4.69, 9.17) is 26.2 Å². The number of aliphatic hydroxyl groups excluding tert-OH is 3. The van der Waals surface area contributed by atoms with Crippen LogP contribution in [-0.4, -0.2) is 98.8 Å². The number of carboxylic acid groups (broad SMARTS) is 1. The molecule has 0 spiro atoms. The van der Waals surface area contributed by atoms with Crippen molar-refractivity contribution in [2.45, 2.75) is 68.0 Å². The van der Waals surface area contributed by atoms with Crippen LogP contribution < -0.4 is 5.32 Å². The monoisotopic (exact) mass is 627 g/mol. The number of nitrogens with zero attached hydrogens (tertiary/aromatic N) is 4. The molecule has 1 aliphatic carbocycles. The van der Waals surface area contributed by atoms with Crippen LogP contribution >= 0.6 is 19.2 Å². The summed E-state index contributed by atoms with van der Waals surface area (Å²) in [5, 5.41) is 46.4. The molecular weight excluding hydrogens is 597 g/mol. The lowest BCUT2D eigenvalue weighted by Gasteiger charge is -2.34. The van der Waals surface area contributed by atoms with Gasteiger partial charge in [-0.2, -0.15) is 15.1 Å². The molecule has 5 atom stereocenters. The highest BCUT2D eigenvalue weighted by Crippen LogP contribution is 2.53. The number of fused-ring (bicyclic) bond motifs is 1. The second-order valence-electron chi connectivity index (χ2n) is 10.5. The van der Waals surface area contributed by atoms with E-state index in [0.717, 1.165) is 25.7 Å². The molecule has 1 aromatic carbocycles. The largest absolute Gasteiger partial charge is 0.478 e. The maximum absolute atomic E-state index is 12.5. The lowest BCUT2D eigenvalue weighted by molar-refractivity contribution is -0.109. The van der Waals surface area contributed by atoms with Gasteiger partial charge < -0.3 is 45.0 Å². The van der Waals surface area contributed by atoms with E-state index < -0.39 is 63.1 Å². The van der Waals surface area contributed by atoms with Crippen molar-refractivity contribution in [3.05, 3.63) is 46.9 Å². The molecular formula is C25H31ClN5O10P. The number of hydrogen-bond donors (Lipinski definition) is 7. The summed E-state index contributed by atoms with van der Waals surface area (Å²) in [4.78, 5) is 39.9. The fourth-order valence-corrected chi connectivity index (χ4v) is 6.26. The quantitative estimate of drug-likeness (QED) is 0.117. The Kier molecular flexibility index (Phi) is 8.86. The molecule has 15 nitrogen and oxygen atoms in total. The summed E-state index contributed by atoms with van der Waals surface area (Å²) in [5.74, 6) is -0.705. The Hall–Kier alpha value is -2.72. The van der Waals surface area contributed by atoms with E-state index in [1.807, 2.05) is 0 Å². The summed E-state index contributed by atoms with van der Waals surface area (Å²) in [7, 11) is -5.16. The zero-order chi connectivity index (χ0) is 30.2. The molecule has 3 aromatic rings. The first kappa shape index (κ1) is 30.7. The summed E-state index contributed by atoms with van der Waals surface area (Å²) in [6.07, 6.45) is -0.510. The Morgan fingerprint density at radius 2 is 1.86 bits per heavy atom. The van der Waals surface area contributed by atoms with Crippen molar-refractivity contribution < 1.29 is 49.0 Å². The molecule has 17 heteroatoms. The van der Waals surface area contributed by atoms with Crippen LogP contribution in [0.3, 0.4) is 0 Å². The summed E-state index contributed by atoms with van der Waals surface area (Å²) in [6.45, 7) is -1.74. The Morgan fingerprint density at radius 1 is 1.17 bits per heavy atom. The van der Waals surface area contributed by atoms with Crippen LogP contribution in [0.15, 0.2) is 30.5 Å². The van der Waals surface area contributed by atoms with Gasteiger partial charge in [-0.05, 0) is 42.1 Å². The third-order valence-electron chi connectivity index (χ3n) is 7.68. The third-order valence-corrected chi connectivity index (χ3v) is 9.34. The van der Waals surface area contributed by atoms with Crippen LogP contribution in [0.25, 0.3) is 11.0 Å². The third kappa shape index (κ3) is 6.02. The number of aromatic carboxylic acids is 1. The number of aromatic nitrogens is 4. The van der Waals surface area contributed by atoms with Gasteiger partial charge in [0.25, 0.3) is 0 Å². The SMILES string of the molecule is O=C(O)c1ccc(C[C@@](CO)(OC[C@@H]2O[C@H](n3ncc4c(NC5CCCC5)nc(Cl)nc43)[C@@H](O)[C@H]2O)P(=O)(O)O)cc1. The number of carboxylic acids is 1.